The lowest BCUT2D eigenvalue weighted by Crippen LogP contribution is -2.43. The van der Waals surface area contributed by atoms with Gasteiger partial charge in [-0.1, -0.05) is 42.5 Å². The fourth-order valence-corrected chi connectivity index (χ4v) is 4.66. The highest BCUT2D eigenvalue weighted by atomic mass is 32.2. The minimum Gasteiger partial charge on any atom is -0.368 e. The molecule has 1 atom stereocenters. The Hall–Kier alpha value is -1.19. The number of para-hydroxylation sites is 1. The topological polar surface area (TPSA) is 15.3 Å². The first-order chi connectivity index (χ1) is 10.6. The van der Waals surface area contributed by atoms with Crippen LogP contribution in [0.5, 0.6) is 0 Å². The van der Waals surface area contributed by atoms with E-state index in [1.54, 1.807) is 0 Å². The van der Waals surface area contributed by atoms with Crippen LogP contribution in [0.4, 0.5) is 5.69 Å². The highest BCUT2D eigenvalue weighted by Crippen LogP contribution is 2.43. The van der Waals surface area contributed by atoms with E-state index in [1.165, 1.54) is 33.1 Å². The zero-order valence-electron chi connectivity index (χ0n) is 13.9. The van der Waals surface area contributed by atoms with Crippen molar-refractivity contribution in [1.82, 2.24) is 5.32 Å². The van der Waals surface area contributed by atoms with Gasteiger partial charge < -0.3 is 10.2 Å². The quantitative estimate of drug-likeness (QED) is 0.887. The number of rotatable bonds is 3. The molecule has 3 rings (SSSR count). The summed E-state index contributed by atoms with van der Waals surface area (Å²) in [6, 6.07) is 8.88. The Morgan fingerprint density at radius 1 is 1.14 bits per heavy atom. The standard InChI is InChI=1S/C19H26N2S/c1-14-12-15(2)19(16(3)13-14)22-18-7-5-4-6-17(18)21-10-8-20-9-11-21/h4-7,12,16,20H,8-11,13H2,1-3H3. The second kappa shape index (κ2) is 6.93. The van der Waals surface area contributed by atoms with Gasteiger partial charge in [-0.25, -0.2) is 0 Å². The van der Waals surface area contributed by atoms with Gasteiger partial charge in [0.15, 0.2) is 0 Å². The van der Waals surface area contributed by atoms with Crippen molar-refractivity contribution in [3.63, 3.8) is 0 Å². The lowest BCUT2D eigenvalue weighted by molar-refractivity contribution is 0.587. The lowest BCUT2D eigenvalue weighted by atomic mass is 9.93. The van der Waals surface area contributed by atoms with Crippen molar-refractivity contribution in [2.24, 2.45) is 5.92 Å². The minimum absolute atomic E-state index is 0.631. The monoisotopic (exact) mass is 314 g/mol. The first-order valence-corrected chi connectivity index (χ1v) is 9.07. The number of hydrogen-bond donors (Lipinski definition) is 1. The van der Waals surface area contributed by atoms with Crippen LogP contribution in [0.15, 0.2) is 51.3 Å². The predicted molar refractivity (Wildman–Crippen MR) is 97.6 cm³/mol. The number of nitrogens with zero attached hydrogens (tertiary/aromatic N) is 1. The van der Waals surface area contributed by atoms with E-state index < -0.39 is 0 Å². The van der Waals surface area contributed by atoms with Gasteiger partial charge in [0, 0.05) is 31.1 Å². The molecule has 0 spiro atoms. The van der Waals surface area contributed by atoms with Crippen molar-refractivity contribution in [3.8, 4) is 0 Å². The van der Waals surface area contributed by atoms with Gasteiger partial charge in [0.2, 0.25) is 0 Å². The molecule has 0 bridgehead atoms. The summed E-state index contributed by atoms with van der Waals surface area (Å²) in [6.07, 6.45) is 3.55. The van der Waals surface area contributed by atoms with E-state index in [-0.39, 0.29) is 0 Å². The molecule has 0 saturated carbocycles. The van der Waals surface area contributed by atoms with Crippen molar-refractivity contribution in [2.75, 3.05) is 31.1 Å². The van der Waals surface area contributed by atoms with Crippen molar-refractivity contribution >= 4 is 17.4 Å². The molecule has 118 valence electrons. The van der Waals surface area contributed by atoms with Crippen molar-refractivity contribution in [2.45, 2.75) is 32.1 Å². The molecule has 1 unspecified atom stereocenters. The average Bonchev–Trinajstić information content (AvgIpc) is 2.52. The van der Waals surface area contributed by atoms with Crippen LogP contribution < -0.4 is 10.2 Å². The molecule has 1 saturated heterocycles. The van der Waals surface area contributed by atoms with Crippen LogP contribution in [0.2, 0.25) is 0 Å². The summed E-state index contributed by atoms with van der Waals surface area (Å²) in [4.78, 5) is 5.45. The highest BCUT2D eigenvalue weighted by Gasteiger charge is 2.20. The van der Waals surface area contributed by atoms with E-state index in [9.17, 15) is 0 Å². The Bertz CT molecular complexity index is 597. The molecule has 1 N–H and O–H groups in total. The number of allylic oxidation sites excluding steroid dienone is 4. The van der Waals surface area contributed by atoms with Crippen molar-refractivity contribution in [1.29, 1.82) is 0 Å². The number of piperazine rings is 1. The second-order valence-electron chi connectivity index (χ2n) is 6.45. The number of nitrogens with one attached hydrogen (secondary N) is 1. The Morgan fingerprint density at radius 3 is 2.59 bits per heavy atom. The number of benzene rings is 1. The number of hydrogen-bond acceptors (Lipinski definition) is 3. The molecule has 2 aliphatic rings. The normalized spacial score (nSPS) is 22.8. The van der Waals surface area contributed by atoms with Gasteiger partial charge >= 0.3 is 0 Å². The number of thioether (sulfide) groups is 1. The van der Waals surface area contributed by atoms with Crippen LogP contribution in [0.25, 0.3) is 0 Å². The summed E-state index contributed by atoms with van der Waals surface area (Å²) in [5.74, 6) is 0.631. The average molecular weight is 314 g/mol. The minimum atomic E-state index is 0.631. The zero-order valence-corrected chi connectivity index (χ0v) is 14.7. The third-order valence-electron chi connectivity index (χ3n) is 4.47. The molecule has 1 fully saturated rings. The maximum absolute atomic E-state index is 3.44. The summed E-state index contributed by atoms with van der Waals surface area (Å²) in [5.41, 5.74) is 4.34. The molecule has 0 radical (unpaired) electrons. The third kappa shape index (κ3) is 3.41. The maximum Gasteiger partial charge on any atom is 0.0508 e. The molecule has 1 aliphatic heterocycles. The van der Waals surface area contributed by atoms with Crippen LogP contribution in [-0.4, -0.2) is 26.2 Å². The molecule has 0 amide bonds. The molecule has 1 aliphatic carbocycles. The molecule has 1 aromatic carbocycles. The Kier molecular flexibility index (Phi) is 4.94. The smallest absolute Gasteiger partial charge is 0.0508 e. The van der Waals surface area contributed by atoms with Gasteiger partial charge in [-0.2, -0.15) is 0 Å². The van der Waals surface area contributed by atoms with Gasteiger partial charge in [-0.3, -0.25) is 0 Å². The first-order valence-electron chi connectivity index (χ1n) is 8.25. The van der Waals surface area contributed by atoms with Crippen LogP contribution in [-0.2, 0) is 0 Å². The zero-order chi connectivity index (χ0) is 15.5. The first kappa shape index (κ1) is 15.7. The van der Waals surface area contributed by atoms with E-state index >= 15 is 0 Å². The van der Waals surface area contributed by atoms with Gasteiger partial charge in [-0.05, 0) is 48.8 Å². The van der Waals surface area contributed by atoms with Gasteiger partial charge in [-0.15, -0.1) is 0 Å². The van der Waals surface area contributed by atoms with Gasteiger partial charge in [0.05, 0.1) is 5.69 Å². The Morgan fingerprint density at radius 2 is 1.86 bits per heavy atom. The highest BCUT2D eigenvalue weighted by molar-refractivity contribution is 8.03. The predicted octanol–water partition coefficient (Wildman–Crippen LogP) is 4.45. The second-order valence-corrected chi connectivity index (χ2v) is 7.53. The molecule has 1 aromatic rings. The van der Waals surface area contributed by atoms with E-state index in [4.69, 9.17) is 0 Å². The van der Waals surface area contributed by atoms with Crippen LogP contribution in [0.3, 0.4) is 0 Å². The molecule has 2 nitrogen and oxygen atoms in total. The van der Waals surface area contributed by atoms with Gasteiger partial charge in [0.25, 0.3) is 0 Å². The molecule has 3 heteroatoms. The lowest BCUT2D eigenvalue weighted by Gasteiger charge is -2.32. The fraction of sp³-hybridized carbons (Fsp3) is 0.474. The van der Waals surface area contributed by atoms with E-state index in [1.807, 2.05) is 11.8 Å². The Labute approximate surface area is 138 Å². The summed E-state index contributed by atoms with van der Waals surface area (Å²) >= 11 is 1.98. The van der Waals surface area contributed by atoms with Crippen LogP contribution in [0, 0.1) is 5.92 Å². The molecular formula is C19H26N2S. The molecule has 1 heterocycles. The van der Waals surface area contributed by atoms with E-state index in [0.29, 0.717) is 5.92 Å². The molecular weight excluding hydrogens is 288 g/mol. The molecule has 0 aromatic heterocycles. The summed E-state index contributed by atoms with van der Waals surface area (Å²) in [7, 11) is 0. The van der Waals surface area contributed by atoms with E-state index in [0.717, 1.165) is 26.2 Å². The molecule has 22 heavy (non-hydrogen) atoms. The summed E-state index contributed by atoms with van der Waals surface area (Å²) in [5, 5.41) is 3.44. The van der Waals surface area contributed by atoms with Crippen molar-refractivity contribution in [3.05, 3.63) is 46.4 Å². The Balaban J connectivity index is 1.88. The van der Waals surface area contributed by atoms with E-state index in [2.05, 4.69) is 61.3 Å². The van der Waals surface area contributed by atoms with Crippen LogP contribution >= 0.6 is 11.8 Å². The van der Waals surface area contributed by atoms with Crippen molar-refractivity contribution < 1.29 is 0 Å². The largest absolute Gasteiger partial charge is 0.368 e. The number of anilines is 1. The SMILES string of the molecule is CC1=CC(C)=C(Sc2ccccc2N2CCNCC2)C(C)C1. The third-order valence-corrected chi connectivity index (χ3v) is 5.98. The van der Waals surface area contributed by atoms with Gasteiger partial charge in [0.1, 0.15) is 0 Å². The fourth-order valence-electron chi connectivity index (χ4n) is 3.47. The summed E-state index contributed by atoms with van der Waals surface area (Å²) in [6.45, 7) is 11.2. The maximum atomic E-state index is 3.44. The summed E-state index contributed by atoms with van der Waals surface area (Å²) < 4.78 is 0. The van der Waals surface area contributed by atoms with Crippen LogP contribution in [0.1, 0.15) is 27.2 Å².